The standard InChI is InChI=1S/C26H30N4O3/c31-26(6-1-4-21-7-10-23(11-8-21)30-17-16-28-19-30)29-15-3-14-27-13-2-5-22-9-12-24-25(18-22)33-20-32-24/h1,4,7-12,16-19,27H,2-3,5-6,13-15,20H2,(H,29,31)/b4-1+. The van der Waals surface area contributed by atoms with E-state index in [1.54, 1.807) is 12.5 Å². The van der Waals surface area contributed by atoms with Gasteiger partial charge in [-0.2, -0.15) is 0 Å². The first kappa shape index (κ1) is 22.6. The number of aromatic nitrogens is 2. The number of hydrogen-bond acceptors (Lipinski definition) is 5. The van der Waals surface area contributed by atoms with Crippen molar-refractivity contribution >= 4 is 12.0 Å². The molecule has 1 aromatic heterocycles. The third-order valence-electron chi connectivity index (χ3n) is 5.42. The minimum absolute atomic E-state index is 0.0455. The number of nitrogens with one attached hydrogen (secondary N) is 2. The molecule has 0 aliphatic carbocycles. The Morgan fingerprint density at radius 3 is 2.73 bits per heavy atom. The van der Waals surface area contributed by atoms with E-state index in [1.807, 2.05) is 53.2 Å². The SMILES string of the molecule is O=C(C/C=C/c1ccc(-n2ccnc2)cc1)NCCCNCCCc1ccc2c(c1)OCO2. The summed E-state index contributed by atoms with van der Waals surface area (Å²) in [6.45, 7) is 2.83. The molecule has 0 fully saturated rings. The van der Waals surface area contributed by atoms with E-state index in [2.05, 4.69) is 27.8 Å². The number of nitrogens with zero attached hydrogens (tertiary/aromatic N) is 2. The molecule has 4 rings (SSSR count). The first-order valence-corrected chi connectivity index (χ1v) is 11.4. The third kappa shape index (κ3) is 6.95. The normalized spacial score (nSPS) is 12.4. The van der Waals surface area contributed by atoms with Gasteiger partial charge in [-0.15, -0.1) is 0 Å². The van der Waals surface area contributed by atoms with E-state index >= 15 is 0 Å². The van der Waals surface area contributed by atoms with Crippen LogP contribution in [0, 0.1) is 0 Å². The van der Waals surface area contributed by atoms with Crippen LogP contribution in [-0.4, -0.2) is 41.9 Å². The van der Waals surface area contributed by atoms with Crippen LogP contribution in [0.15, 0.2) is 67.3 Å². The molecule has 7 heteroatoms. The second kappa shape index (κ2) is 11.9. The Balaban J connectivity index is 1.03. The lowest BCUT2D eigenvalue weighted by atomic mass is 10.1. The fraction of sp³-hybridized carbons (Fsp3) is 0.308. The first-order valence-electron chi connectivity index (χ1n) is 11.4. The van der Waals surface area contributed by atoms with Crippen molar-refractivity contribution in [3.8, 4) is 17.2 Å². The summed E-state index contributed by atoms with van der Waals surface area (Å²) in [4.78, 5) is 16.1. The molecule has 3 aromatic rings. The molecular formula is C26H30N4O3. The van der Waals surface area contributed by atoms with Crippen LogP contribution in [0.4, 0.5) is 0 Å². The minimum Gasteiger partial charge on any atom is -0.454 e. The van der Waals surface area contributed by atoms with E-state index in [9.17, 15) is 4.79 Å². The van der Waals surface area contributed by atoms with Gasteiger partial charge in [0.15, 0.2) is 11.5 Å². The van der Waals surface area contributed by atoms with Gasteiger partial charge in [0.2, 0.25) is 12.7 Å². The van der Waals surface area contributed by atoms with Crippen molar-refractivity contribution in [2.75, 3.05) is 26.4 Å². The Labute approximate surface area is 194 Å². The highest BCUT2D eigenvalue weighted by molar-refractivity contribution is 5.78. The van der Waals surface area contributed by atoms with E-state index in [4.69, 9.17) is 9.47 Å². The number of ether oxygens (including phenoxy) is 2. The number of imidazole rings is 1. The topological polar surface area (TPSA) is 77.4 Å². The van der Waals surface area contributed by atoms with Crippen molar-refractivity contribution in [3.05, 3.63) is 78.4 Å². The predicted molar refractivity (Wildman–Crippen MR) is 129 cm³/mol. The van der Waals surface area contributed by atoms with Crippen molar-refractivity contribution in [3.63, 3.8) is 0 Å². The van der Waals surface area contributed by atoms with Gasteiger partial charge >= 0.3 is 0 Å². The summed E-state index contributed by atoms with van der Waals surface area (Å²) in [5, 5.41) is 6.41. The second-order valence-electron chi connectivity index (χ2n) is 7.91. The molecule has 1 aliphatic rings. The smallest absolute Gasteiger partial charge is 0.231 e. The predicted octanol–water partition coefficient (Wildman–Crippen LogP) is 3.73. The van der Waals surface area contributed by atoms with Gasteiger partial charge in [0.05, 0.1) is 6.33 Å². The van der Waals surface area contributed by atoms with Crippen LogP contribution in [-0.2, 0) is 11.2 Å². The third-order valence-corrected chi connectivity index (χ3v) is 5.42. The fourth-order valence-corrected chi connectivity index (χ4v) is 3.62. The van der Waals surface area contributed by atoms with E-state index in [0.717, 1.165) is 55.1 Å². The van der Waals surface area contributed by atoms with E-state index in [1.165, 1.54) is 5.56 Å². The summed E-state index contributed by atoms with van der Waals surface area (Å²) in [6, 6.07) is 14.2. The quantitative estimate of drug-likeness (QED) is 0.415. The van der Waals surface area contributed by atoms with E-state index in [-0.39, 0.29) is 5.91 Å². The monoisotopic (exact) mass is 446 g/mol. The van der Waals surface area contributed by atoms with Gasteiger partial charge in [-0.05, 0) is 67.7 Å². The molecule has 2 N–H and O–H groups in total. The largest absolute Gasteiger partial charge is 0.454 e. The van der Waals surface area contributed by atoms with Crippen LogP contribution in [0.25, 0.3) is 11.8 Å². The summed E-state index contributed by atoms with van der Waals surface area (Å²) in [5.41, 5.74) is 3.39. The highest BCUT2D eigenvalue weighted by Gasteiger charge is 2.12. The molecule has 7 nitrogen and oxygen atoms in total. The molecule has 0 unspecified atom stereocenters. The number of aryl methyl sites for hydroxylation is 1. The Morgan fingerprint density at radius 2 is 1.88 bits per heavy atom. The fourth-order valence-electron chi connectivity index (χ4n) is 3.62. The summed E-state index contributed by atoms with van der Waals surface area (Å²) in [7, 11) is 0. The van der Waals surface area contributed by atoms with Crippen LogP contribution in [0.1, 0.15) is 30.4 Å². The van der Waals surface area contributed by atoms with Crippen LogP contribution >= 0.6 is 0 Å². The molecule has 1 aliphatic heterocycles. The summed E-state index contributed by atoms with van der Waals surface area (Å²) in [5.74, 6) is 1.72. The summed E-state index contributed by atoms with van der Waals surface area (Å²) >= 11 is 0. The molecule has 2 heterocycles. The molecule has 172 valence electrons. The molecule has 1 amide bonds. The zero-order valence-corrected chi connectivity index (χ0v) is 18.7. The van der Waals surface area contributed by atoms with Crippen molar-refractivity contribution in [2.45, 2.75) is 25.7 Å². The maximum atomic E-state index is 12.0. The Kier molecular flexibility index (Phi) is 8.14. The van der Waals surface area contributed by atoms with Crippen molar-refractivity contribution in [1.29, 1.82) is 0 Å². The van der Waals surface area contributed by atoms with Gasteiger partial charge < -0.3 is 24.7 Å². The van der Waals surface area contributed by atoms with Crippen LogP contribution < -0.4 is 20.1 Å². The average Bonchev–Trinajstić information content (AvgIpc) is 3.53. The molecule has 0 spiro atoms. The van der Waals surface area contributed by atoms with Crippen LogP contribution in [0.5, 0.6) is 11.5 Å². The highest BCUT2D eigenvalue weighted by atomic mass is 16.7. The lowest BCUT2D eigenvalue weighted by Crippen LogP contribution is -2.27. The van der Waals surface area contributed by atoms with Gasteiger partial charge in [-0.3, -0.25) is 4.79 Å². The average molecular weight is 447 g/mol. The number of amides is 1. The molecule has 0 radical (unpaired) electrons. The van der Waals surface area contributed by atoms with Gasteiger partial charge in [0.1, 0.15) is 0 Å². The van der Waals surface area contributed by atoms with Gasteiger partial charge in [0, 0.05) is 31.0 Å². The maximum absolute atomic E-state index is 12.0. The highest BCUT2D eigenvalue weighted by Crippen LogP contribution is 2.32. The minimum atomic E-state index is 0.0455. The lowest BCUT2D eigenvalue weighted by molar-refractivity contribution is -0.120. The molecular weight excluding hydrogens is 416 g/mol. The zero-order valence-electron chi connectivity index (χ0n) is 18.7. The van der Waals surface area contributed by atoms with Crippen LogP contribution in [0.2, 0.25) is 0 Å². The van der Waals surface area contributed by atoms with Gasteiger partial charge in [-0.25, -0.2) is 4.98 Å². The Morgan fingerprint density at radius 1 is 1.03 bits per heavy atom. The number of fused-ring (bicyclic) bond motifs is 1. The summed E-state index contributed by atoms with van der Waals surface area (Å²) in [6.07, 6.45) is 12.7. The number of hydrogen-bond donors (Lipinski definition) is 2. The van der Waals surface area contributed by atoms with Crippen molar-refractivity contribution in [1.82, 2.24) is 20.2 Å². The number of carbonyl (C=O) groups excluding carboxylic acids is 1. The molecule has 2 aromatic carbocycles. The zero-order chi connectivity index (χ0) is 22.7. The number of benzene rings is 2. The Bertz CT molecular complexity index is 1050. The molecule has 33 heavy (non-hydrogen) atoms. The summed E-state index contributed by atoms with van der Waals surface area (Å²) < 4.78 is 12.7. The molecule has 0 saturated heterocycles. The van der Waals surface area contributed by atoms with E-state index < -0.39 is 0 Å². The van der Waals surface area contributed by atoms with Crippen LogP contribution in [0.3, 0.4) is 0 Å². The number of carbonyl (C=O) groups is 1. The maximum Gasteiger partial charge on any atom is 0.231 e. The molecule has 0 saturated carbocycles. The van der Waals surface area contributed by atoms with Gasteiger partial charge in [-0.1, -0.05) is 30.4 Å². The van der Waals surface area contributed by atoms with Crippen molar-refractivity contribution in [2.24, 2.45) is 0 Å². The number of rotatable bonds is 12. The van der Waals surface area contributed by atoms with Crippen molar-refractivity contribution < 1.29 is 14.3 Å². The molecule has 0 atom stereocenters. The second-order valence-corrected chi connectivity index (χ2v) is 7.91. The van der Waals surface area contributed by atoms with Gasteiger partial charge in [0.25, 0.3) is 0 Å². The Hall–Kier alpha value is -3.58. The molecule has 0 bridgehead atoms. The van der Waals surface area contributed by atoms with E-state index in [0.29, 0.717) is 19.8 Å². The lowest BCUT2D eigenvalue weighted by Gasteiger charge is -2.07. The first-order chi connectivity index (χ1) is 16.3.